The zero-order chi connectivity index (χ0) is 14.7. The van der Waals surface area contributed by atoms with Crippen molar-refractivity contribution in [1.82, 2.24) is 14.7 Å². The molecule has 1 aliphatic rings. The lowest BCUT2D eigenvalue weighted by Gasteiger charge is -2.32. The molecule has 6 heteroatoms. The molecule has 20 heavy (non-hydrogen) atoms. The standard InChI is InChI=1S/C14H23ClN4O/c1-4-11-8-18(7-6-12(11)17-20)9-13-14(15)10(3)16-19(13)5-2/h11,20H,4-9H2,1-3H3. The third kappa shape index (κ3) is 2.99. The number of hydrogen-bond acceptors (Lipinski definition) is 4. The van der Waals surface area contributed by atoms with Crippen molar-refractivity contribution in [3.8, 4) is 0 Å². The van der Waals surface area contributed by atoms with Crippen molar-refractivity contribution >= 4 is 17.3 Å². The van der Waals surface area contributed by atoms with Crippen LogP contribution in [0.1, 0.15) is 38.1 Å². The Hall–Kier alpha value is -1.07. The Morgan fingerprint density at radius 3 is 2.80 bits per heavy atom. The molecule has 1 aromatic heterocycles. The highest BCUT2D eigenvalue weighted by molar-refractivity contribution is 6.31. The fourth-order valence-corrected chi connectivity index (χ4v) is 3.05. The SMILES string of the molecule is CCC1CN(Cc2c(Cl)c(C)nn2CC)CCC1=NO. The Morgan fingerprint density at radius 1 is 1.45 bits per heavy atom. The van der Waals surface area contributed by atoms with Gasteiger partial charge in [0.15, 0.2) is 0 Å². The Bertz CT molecular complexity index is 498. The maximum absolute atomic E-state index is 9.03. The van der Waals surface area contributed by atoms with E-state index < -0.39 is 0 Å². The minimum absolute atomic E-state index is 0.339. The molecule has 1 saturated heterocycles. The highest BCUT2D eigenvalue weighted by Gasteiger charge is 2.26. The second-order valence-electron chi connectivity index (χ2n) is 5.34. The number of aryl methyl sites for hydroxylation is 2. The molecule has 1 N–H and O–H groups in total. The third-order valence-corrected chi connectivity index (χ3v) is 4.57. The van der Waals surface area contributed by atoms with E-state index in [1.54, 1.807) is 0 Å². The molecule has 1 unspecified atom stereocenters. The number of rotatable bonds is 4. The van der Waals surface area contributed by atoms with Gasteiger partial charge in [-0.25, -0.2) is 0 Å². The van der Waals surface area contributed by atoms with Crippen LogP contribution in [0, 0.1) is 12.8 Å². The van der Waals surface area contributed by atoms with Gasteiger partial charge in [-0.05, 0) is 20.3 Å². The van der Waals surface area contributed by atoms with E-state index in [0.717, 1.165) is 61.1 Å². The number of hydrogen-bond donors (Lipinski definition) is 1. The zero-order valence-corrected chi connectivity index (χ0v) is 13.2. The fraction of sp³-hybridized carbons (Fsp3) is 0.714. The first-order valence-electron chi connectivity index (χ1n) is 7.25. The summed E-state index contributed by atoms with van der Waals surface area (Å²) in [5.74, 6) is 0.339. The normalized spacial score (nSPS) is 22.6. The van der Waals surface area contributed by atoms with Crippen molar-refractivity contribution < 1.29 is 5.21 Å². The summed E-state index contributed by atoms with van der Waals surface area (Å²) >= 11 is 6.36. The Balaban J connectivity index is 2.11. The fourth-order valence-electron chi connectivity index (χ4n) is 2.86. The lowest BCUT2D eigenvalue weighted by molar-refractivity contribution is 0.215. The largest absolute Gasteiger partial charge is 0.411 e. The molecule has 0 bridgehead atoms. The second kappa shape index (κ2) is 6.59. The summed E-state index contributed by atoms with van der Waals surface area (Å²) in [4.78, 5) is 2.37. The van der Waals surface area contributed by atoms with E-state index >= 15 is 0 Å². The van der Waals surface area contributed by atoms with E-state index in [9.17, 15) is 0 Å². The summed E-state index contributed by atoms with van der Waals surface area (Å²) in [5, 5.41) is 17.7. The molecule has 5 nitrogen and oxygen atoms in total. The molecule has 1 atom stereocenters. The quantitative estimate of drug-likeness (QED) is 0.687. The second-order valence-corrected chi connectivity index (χ2v) is 5.72. The first-order chi connectivity index (χ1) is 9.60. The molecule has 1 fully saturated rings. The Morgan fingerprint density at radius 2 is 2.20 bits per heavy atom. The maximum Gasteiger partial charge on any atom is 0.0860 e. The molecule has 112 valence electrons. The average molecular weight is 299 g/mol. The van der Waals surface area contributed by atoms with Gasteiger partial charge in [-0.15, -0.1) is 0 Å². The Labute approximate surface area is 125 Å². The molecule has 0 radical (unpaired) electrons. The predicted molar refractivity (Wildman–Crippen MR) is 80.5 cm³/mol. The number of aromatic nitrogens is 2. The van der Waals surface area contributed by atoms with Crippen molar-refractivity contribution in [3.05, 3.63) is 16.4 Å². The minimum atomic E-state index is 0.339. The summed E-state index contributed by atoms with van der Waals surface area (Å²) in [7, 11) is 0. The van der Waals surface area contributed by atoms with Crippen LogP contribution in [-0.4, -0.2) is 38.7 Å². The molecular weight excluding hydrogens is 276 g/mol. The third-order valence-electron chi connectivity index (χ3n) is 4.08. The van der Waals surface area contributed by atoms with E-state index in [0.29, 0.717) is 5.92 Å². The topological polar surface area (TPSA) is 53.7 Å². The van der Waals surface area contributed by atoms with Crippen molar-refractivity contribution in [2.75, 3.05) is 13.1 Å². The summed E-state index contributed by atoms with van der Waals surface area (Å²) in [6, 6.07) is 0. The molecule has 0 amide bonds. The van der Waals surface area contributed by atoms with Crippen molar-refractivity contribution in [1.29, 1.82) is 0 Å². The number of nitrogens with zero attached hydrogens (tertiary/aromatic N) is 4. The summed E-state index contributed by atoms with van der Waals surface area (Å²) in [6.07, 6.45) is 1.82. The van der Waals surface area contributed by atoms with Crippen LogP contribution in [0.5, 0.6) is 0 Å². The van der Waals surface area contributed by atoms with Gasteiger partial charge in [0.2, 0.25) is 0 Å². The molecule has 2 rings (SSSR count). The first kappa shape index (κ1) is 15.3. The highest BCUT2D eigenvalue weighted by atomic mass is 35.5. The van der Waals surface area contributed by atoms with Gasteiger partial charge in [-0.1, -0.05) is 23.7 Å². The minimum Gasteiger partial charge on any atom is -0.411 e. The molecule has 0 aromatic carbocycles. The van der Waals surface area contributed by atoms with Crippen LogP contribution >= 0.6 is 11.6 Å². The molecule has 1 aromatic rings. The molecule has 0 saturated carbocycles. The summed E-state index contributed by atoms with van der Waals surface area (Å²) in [5.41, 5.74) is 2.91. The lowest BCUT2D eigenvalue weighted by atomic mass is 9.93. The monoisotopic (exact) mass is 298 g/mol. The van der Waals surface area contributed by atoms with Crippen LogP contribution in [0.2, 0.25) is 5.02 Å². The molecule has 0 aliphatic carbocycles. The van der Waals surface area contributed by atoms with Crippen LogP contribution in [0.3, 0.4) is 0 Å². The molecule has 2 heterocycles. The van der Waals surface area contributed by atoms with Crippen molar-refractivity contribution in [2.45, 2.75) is 46.7 Å². The van der Waals surface area contributed by atoms with E-state index in [2.05, 4.69) is 29.0 Å². The summed E-state index contributed by atoms with van der Waals surface area (Å²) in [6.45, 7) is 9.61. The van der Waals surface area contributed by atoms with E-state index in [4.69, 9.17) is 16.8 Å². The highest BCUT2D eigenvalue weighted by Crippen LogP contribution is 2.25. The number of piperidine rings is 1. The number of likely N-dealkylation sites (tertiary alicyclic amines) is 1. The zero-order valence-electron chi connectivity index (χ0n) is 12.4. The van der Waals surface area contributed by atoms with E-state index in [1.807, 2.05) is 11.6 Å². The van der Waals surface area contributed by atoms with Gasteiger partial charge in [-0.2, -0.15) is 5.10 Å². The van der Waals surface area contributed by atoms with Crippen LogP contribution in [0.15, 0.2) is 5.16 Å². The van der Waals surface area contributed by atoms with Crippen LogP contribution < -0.4 is 0 Å². The van der Waals surface area contributed by atoms with Gasteiger partial charge in [0, 0.05) is 38.5 Å². The maximum atomic E-state index is 9.03. The molecule has 0 spiro atoms. The smallest absolute Gasteiger partial charge is 0.0860 e. The van der Waals surface area contributed by atoms with Gasteiger partial charge in [0.1, 0.15) is 0 Å². The average Bonchev–Trinajstić information content (AvgIpc) is 2.74. The van der Waals surface area contributed by atoms with Gasteiger partial charge < -0.3 is 5.21 Å². The lowest BCUT2D eigenvalue weighted by Crippen LogP contribution is -2.40. The van der Waals surface area contributed by atoms with Crippen LogP contribution in [-0.2, 0) is 13.1 Å². The van der Waals surface area contributed by atoms with Gasteiger partial charge in [-0.3, -0.25) is 9.58 Å². The molecule has 1 aliphatic heterocycles. The van der Waals surface area contributed by atoms with Crippen LogP contribution in [0.25, 0.3) is 0 Å². The summed E-state index contributed by atoms with van der Waals surface area (Å²) < 4.78 is 1.98. The van der Waals surface area contributed by atoms with Gasteiger partial charge in [0.25, 0.3) is 0 Å². The number of halogens is 1. The number of oxime groups is 1. The molecular formula is C14H23ClN4O. The van der Waals surface area contributed by atoms with Gasteiger partial charge >= 0.3 is 0 Å². The van der Waals surface area contributed by atoms with Crippen molar-refractivity contribution in [2.24, 2.45) is 11.1 Å². The van der Waals surface area contributed by atoms with E-state index in [1.165, 1.54) is 0 Å². The van der Waals surface area contributed by atoms with Gasteiger partial charge in [0.05, 0.1) is 22.1 Å². The van der Waals surface area contributed by atoms with Crippen molar-refractivity contribution in [3.63, 3.8) is 0 Å². The predicted octanol–water partition coefficient (Wildman–Crippen LogP) is 2.93. The van der Waals surface area contributed by atoms with E-state index in [-0.39, 0.29) is 0 Å². The first-order valence-corrected chi connectivity index (χ1v) is 7.63. The Kier molecular flexibility index (Phi) is 5.05. The van der Waals surface area contributed by atoms with Crippen LogP contribution in [0.4, 0.5) is 0 Å².